The molecule has 0 fully saturated rings. The number of aliphatic imine (C=N–C) groups is 1. The third kappa shape index (κ3) is 3.36. The van der Waals surface area contributed by atoms with Crippen LogP contribution in [0.1, 0.15) is 15.9 Å². The first-order chi connectivity index (χ1) is 11.5. The summed E-state index contributed by atoms with van der Waals surface area (Å²) in [4.78, 5) is 27.0. The number of carbonyl (C=O) groups is 1. The number of non-ortho nitro benzene ring substituents is 1. The maximum Gasteiger partial charge on any atom is 0.270 e. The largest absolute Gasteiger partial charge is 0.368 e. The van der Waals surface area contributed by atoms with E-state index in [2.05, 4.69) is 15.6 Å². The maximum absolute atomic E-state index is 12.4. The summed E-state index contributed by atoms with van der Waals surface area (Å²) < 4.78 is 0. The Hall–Kier alpha value is -2.93. The van der Waals surface area contributed by atoms with Gasteiger partial charge in [-0.15, -0.1) is 0 Å². The minimum absolute atomic E-state index is 0.0487. The number of halogens is 1. The molecule has 8 heteroatoms. The number of hydrogen-bond acceptors (Lipinski definition) is 5. The third-order valence-corrected chi connectivity index (χ3v) is 3.80. The monoisotopic (exact) mass is 344 g/mol. The number of hydrogen-bond donors (Lipinski definition) is 2. The Bertz CT molecular complexity index is 851. The van der Waals surface area contributed by atoms with Crippen molar-refractivity contribution in [1.29, 1.82) is 0 Å². The van der Waals surface area contributed by atoms with Crippen LogP contribution in [0, 0.1) is 10.1 Å². The quantitative estimate of drug-likeness (QED) is 0.658. The number of anilines is 1. The summed E-state index contributed by atoms with van der Waals surface area (Å²) in [5, 5.41) is 16.9. The minimum Gasteiger partial charge on any atom is -0.368 e. The molecule has 3 rings (SSSR count). The summed E-state index contributed by atoms with van der Waals surface area (Å²) in [5.41, 5.74) is 1.27. The lowest BCUT2D eigenvalue weighted by molar-refractivity contribution is -0.384. The first kappa shape index (κ1) is 15.9. The van der Waals surface area contributed by atoms with Gasteiger partial charge in [0.2, 0.25) is 0 Å². The van der Waals surface area contributed by atoms with Crippen molar-refractivity contribution in [2.24, 2.45) is 4.99 Å². The van der Waals surface area contributed by atoms with Gasteiger partial charge in [0, 0.05) is 29.9 Å². The second-order valence-electron chi connectivity index (χ2n) is 5.11. The van der Waals surface area contributed by atoms with Crippen LogP contribution in [0.25, 0.3) is 0 Å². The van der Waals surface area contributed by atoms with E-state index in [1.807, 2.05) is 6.07 Å². The molecule has 1 aliphatic heterocycles. The number of amides is 1. The van der Waals surface area contributed by atoms with Crippen LogP contribution in [-0.4, -0.2) is 29.8 Å². The standard InChI is InChI=1S/C16H13ClN4O3/c17-14-5-4-12(21(23)24)9-13(14)16(22)20-11-3-1-2-10(8-11)15-18-6-7-19-15/h1-5,8-9H,6-7H2,(H,18,19)(H,20,22). The van der Waals surface area contributed by atoms with Crippen LogP contribution in [0.15, 0.2) is 47.5 Å². The summed E-state index contributed by atoms with van der Waals surface area (Å²) in [5.74, 6) is 0.265. The van der Waals surface area contributed by atoms with Crippen LogP contribution in [0.2, 0.25) is 5.02 Å². The molecule has 122 valence electrons. The maximum atomic E-state index is 12.4. The normalized spacial score (nSPS) is 13.1. The number of nitro groups is 1. The lowest BCUT2D eigenvalue weighted by Gasteiger charge is -2.09. The summed E-state index contributed by atoms with van der Waals surface area (Å²) >= 11 is 5.98. The molecule has 0 saturated carbocycles. The molecule has 24 heavy (non-hydrogen) atoms. The molecule has 0 atom stereocenters. The van der Waals surface area contributed by atoms with Crippen LogP contribution >= 0.6 is 11.6 Å². The van der Waals surface area contributed by atoms with E-state index in [1.54, 1.807) is 18.2 Å². The van der Waals surface area contributed by atoms with Crippen molar-refractivity contribution in [1.82, 2.24) is 5.32 Å². The van der Waals surface area contributed by atoms with Gasteiger partial charge < -0.3 is 10.6 Å². The molecular formula is C16H13ClN4O3. The average molecular weight is 345 g/mol. The molecule has 1 aliphatic rings. The van der Waals surface area contributed by atoms with Gasteiger partial charge in [0.15, 0.2) is 0 Å². The van der Waals surface area contributed by atoms with E-state index in [1.165, 1.54) is 12.1 Å². The van der Waals surface area contributed by atoms with Gasteiger partial charge in [-0.3, -0.25) is 19.9 Å². The van der Waals surface area contributed by atoms with E-state index < -0.39 is 10.8 Å². The van der Waals surface area contributed by atoms with E-state index in [9.17, 15) is 14.9 Å². The van der Waals surface area contributed by atoms with Crippen molar-refractivity contribution in [3.8, 4) is 0 Å². The summed E-state index contributed by atoms with van der Waals surface area (Å²) in [7, 11) is 0. The highest BCUT2D eigenvalue weighted by Crippen LogP contribution is 2.23. The van der Waals surface area contributed by atoms with Crippen molar-refractivity contribution in [2.45, 2.75) is 0 Å². The highest BCUT2D eigenvalue weighted by molar-refractivity contribution is 6.34. The molecule has 2 N–H and O–H groups in total. The number of rotatable bonds is 4. The summed E-state index contributed by atoms with van der Waals surface area (Å²) in [6.45, 7) is 1.50. The topological polar surface area (TPSA) is 96.6 Å². The molecule has 0 spiro atoms. The molecule has 1 amide bonds. The molecule has 0 aliphatic carbocycles. The Morgan fingerprint density at radius 1 is 1.29 bits per heavy atom. The summed E-state index contributed by atoms with van der Waals surface area (Å²) in [6, 6.07) is 10.9. The molecule has 1 heterocycles. The second kappa shape index (κ2) is 6.67. The van der Waals surface area contributed by atoms with Crippen molar-refractivity contribution < 1.29 is 9.72 Å². The van der Waals surface area contributed by atoms with Crippen molar-refractivity contribution in [3.63, 3.8) is 0 Å². The Balaban J connectivity index is 1.84. The van der Waals surface area contributed by atoms with Gasteiger partial charge in [0.05, 0.1) is 22.1 Å². The fraction of sp³-hybridized carbons (Fsp3) is 0.125. The van der Waals surface area contributed by atoms with E-state index >= 15 is 0 Å². The van der Waals surface area contributed by atoms with E-state index in [4.69, 9.17) is 11.6 Å². The van der Waals surface area contributed by atoms with Gasteiger partial charge in [-0.05, 0) is 18.2 Å². The van der Waals surface area contributed by atoms with Crippen LogP contribution in [0.5, 0.6) is 0 Å². The van der Waals surface area contributed by atoms with Crippen molar-refractivity contribution in [3.05, 3.63) is 68.7 Å². The number of nitrogens with zero attached hydrogens (tertiary/aromatic N) is 2. The zero-order valence-electron chi connectivity index (χ0n) is 12.5. The van der Waals surface area contributed by atoms with Gasteiger partial charge in [-0.2, -0.15) is 0 Å². The SMILES string of the molecule is O=C(Nc1cccc(C2=NCCN2)c1)c1cc([N+](=O)[O-])ccc1Cl. The minimum atomic E-state index is -0.572. The van der Waals surface area contributed by atoms with E-state index in [0.717, 1.165) is 30.6 Å². The molecule has 0 radical (unpaired) electrons. The van der Waals surface area contributed by atoms with Gasteiger partial charge in [-0.1, -0.05) is 23.7 Å². The molecule has 0 saturated heterocycles. The lowest BCUT2D eigenvalue weighted by atomic mass is 10.1. The van der Waals surface area contributed by atoms with Gasteiger partial charge in [-0.25, -0.2) is 0 Å². The summed E-state index contributed by atoms with van der Waals surface area (Å²) in [6.07, 6.45) is 0. The van der Waals surface area contributed by atoms with Crippen LogP contribution in [0.4, 0.5) is 11.4 Å². The van der Waals surface area contributed by atoms with Crippen LogP contribution in [0.3, 0.4) is 0 Å². The van der Waals surface area contributed by atoms with Gasteiger partial charge >= 0.3 is 0 Å². The fourth-order valence-electron chi connectivity index (χ4n) is 2.33. The smallest absolute Gasteiger partial charge is 0.270 e. The first-order valence-corrected chi connectivity index (χ1v) is 7.56. The number of nitrogens with one attached hydrogen (secondary N) is 2. The number of nitro benzene ring substituents is 1. The zero-order valence-corrected chi connectivity index (χ0v) is 13.2. The first-order valence-electron chi connectivity index (χ1n) is 7.18. The molecular weight excluding hydrogens is 332 g/mol. The number of carbonyl (C=O) groups excluding carboxylic acids is 1. The van der Waals surface area contributed by atoms with Gasteiger partial charge in [0.1, 0.15) is 5.84 Å². The fourth-order valence-corrected chi connectivity index (χ4v) is 2.54. The molecule has 0 unspecified atom stereocenters. The Kier molecular flexibility index (Phi) is 4.43. The molecule has 0 bridgehead atoms. The zero-order chi connectivity index (χ0) is 17.1. The Labute approximate surface area is 142 Å². The van der Waals surface area contributed by atoms with Crippen LogP contribution < -0.4 is 10.6 Å². The average Bonchev–Trinajstić information content (AvgIpc) is 3.09. The van der Waals surface area contributed by atoms with Gasteiger partial charge in [0.25, 0.3) is 11.6 Å². The number of benzene rings is 2. The highest BCUT2D eigenvalue weighted by atomic mass is 35.5. The van der Waals surface area contributed by atoms with Crippen LogP contribution in [-0.2, 0) is 0 Å². The Morgan fingerprint density at radius 2 is 2.12 bits per heavy atom. The van der Waals surface area contributed by atoms with Crippen molar-refractivity contribution >= 4 is 34.7 Å². The molecule has 2 aromatic rings. The third-order valence-electron chi connectivity index (χ3n) is 3.47. The van der Waals surface area contributed by atoms with E-state index in [-0.39, 0.29) is 16.3 Å². The highest BCUT2D eigenvalue weighted by Gasteiger charge is 2.16. The predicted molar refractivity (Wildman–Crippen MR) is 91.9 cm³/mol. The number of amidine groups is 1. The molecule has 7 nitrogen and oxygen atoms in total. The lowest BCUT2D eigenvalue weighted by Crippen LogP contribution is -2.20. The molecule has 0 aromatic heterocycles. The predicted octanol–water partition coefficient (Wildman–Crippen LogP) is 2.85. The Morgan fingerprint density at radius 3 is 2.83 bits per heavy atom. The van der Waals surface area contributed by atoms with E-state index in [0.29, 0.717) is 5.69 Å². The second-order valence-corrected chi connectivity index (χ2v) is 5.52. The van der Waals surface area contributed by atoms with Crippen molar-refractivity contribution in [2.75, 3.05) is 18.4 Å². The molecule has 2 aromatic carbocycles.